The maximum Gasteiger partial charge on any atom is 0.269 e. The number of fused-ring (bicyclic) bond motifs is 1. The van der Waals surface area contributed by atoms with Gasteiger partial charge < -0.3 is 4.57 Å². The summed E-state index contributed by atoms with van der Waals surface area (Å²) in [5.41, 5.74) is 2.48. The number of aromatic nitrogens is 1. The Morgan fingerprint density at radius 1 is 1.14 bits per heavy atom. The molecule has 1 aromatic heterocycles. The molecule has 3 rings (SSSR count). The second-order valence-electron chi connectivity index (χ2n) is 4.81. The summed E-state index contributed by atoms with van der Waals surface area (Å²) in [4.78, 5) is 21.3. The van der Waals surface area contributed by atoms with Crippen molar-refractivity contribution in [2.75, 3.05) is 0 Å². The van der Waals surface area contributed by atoms with Gasteiger partial charge >= 0.3 is 0 Å². The van der Waals surface area contributed by atoms with E-state index in [0.29, 0.717) is 12.1 Å². The summed E-state index contributed by atoms with van der Waals surface area (Å²) < 4.78 is 1.97. The largest absolute Gasteiger partial charge is 0.343 e. The maximum atomic E-state index is 10.9. The van der Waals surface area contributed by atoms with E-state index in [1.165, 1.54) is 6.07 Å². The van der Waals surface area contributed by atoms with Crippen molar-refractivity contribution in [1.29, 1.82) is 0 Å². The van der Waals surface area contributed by atoms with Crippen molar-refractivity contribution in [1.82, 2.24) is 4.57 Å². The minimum absolute atomic E-state index is 0.0811. The molecule has 0 spiro atoms. The molecule has 0 atom stereocenters. The summed E-state index contributed by atoms with van der Waals surface area (Å²) in [6, 6.07) is 14.0. The predicted molar refractivity (Wildman–Crippen MR) is 79.5 cm³/mol. The van der Waals surface area contributed by atoms with Crippen molar-refractivity contribution in [2.24, 2.45) is 0 Å². The minimum atomic E-state index is -0.401. The topological polar surface area (TPSA) is 65.1 Å². The predicted octanol–water partition coefficient (Wildman–Crippen LogP) is 3.41. The first kappa shape index (κ1) is 13.1. The van der Waals surface area contributed by atoms with E-state index < -0.39 is 4.92 Å². The monoisotopic (exact) mass is 280 g/mol. The van der Waals surface area contributed by atoms with Crippen LogP contribution in [0, 0.1) is 10.1 Å². The smallest absolute Gasteiger partial charge is 0.269 e. The second-order valence-corrected chi connectivity index (χ2v) is 4.81. The van der Waals surface area contributed by atoms with Gasteiger partial charge in [-0.2, -0.15) is 0 Å². The van der Waals surface area contributed by atoms with Crippen LogP contribution >= 0.6 is 0 Å². The zero-order valence-corrected chi connectivity index (χ0v) is 11.1. The molecule has 5 heteroatoms. The van der Waals surface area contributed by atoms with E-state index in [1.54, 1.807) is 18.2 Å². The van der Waals surface area contributed by atoms with Gasteiger partial charge in [0.2, 0.25) is 0 Å². The molecule has 0 amide bonds. The van der Waals surface area contributed by atoms with E-state index in [0.717, 1.165) is 22.8 Å². The summed E-state index contributed by atoms with van der Waals surface area (Å²) in [5, 5.41) is 11.8. The summed E-state index contributed by atoms with van der Waals surface area (Å²) >= 11 is 0. The van der Waals surface area contributed by atoms with E-state index in [2.05, 4.69) is 0 Å². The van der Waals surface area contributed by atoms with Gasteiger partial charge in [0, 0.05) is 36.0 Å². The van der Waals surface area contributed by atoms with E-state index >= 15 is 0 Å². The number of benzene rings is 2. The molecule has 0 aliphatic heterocycles. The molecule has 0 aliphatic rings. The molecule has 2 aromatic carbocycles. The first-order valence-electron chi connectivity index (χ1n) is 6.45. The molecular formula is C16H12N2O3. The number of nitro groups is 1. The number of rotatable bonds is 4. The van der Waals surface area contributed by atoms with Gasteiger partial charge in [0.25, 0.3) is 5.69 Å². The molecule has 0 saturated carbocycles. The van der Waals surface area contributed by atoms with Crippen LogP contribution in [0.25, 0.3) is 10.9 Å². The number of hydrogen-bond donors (Lipinski definition) is 0. The van der Waals surface area contributed by atoms with Crippen molar-refractivity contribution in [2.45, 2.75) is 6.54 Å². The Labute approximate surface area is 120 Å². The molecule has 0 bridgehead atoms. The molecule has 104 valence electrons. The Bertz CT molecular complexity index is 836. The molecule has 5 nitrogen and oxygen atoms in total. The van der Waals surface area contributed by atoms with Crippen LogP contribution in [0.4, 0.5) is 5.69 Å². The molecule has 0 aliphatic carbocycles. The first-order chi connectivity index (χ1) is 10.2. The third-order valence-corrected chi connectivity index (χ3v) is 3.41. The highest BCUT2D eigenvalue weighted by Crippen LogP contribution is 2.20. The number of carbonyl (C=O) groups excluding carboxylic acids is 1. The highest BCUT2D eigenvalue weighted by molar-refractivity contribution is 5.87. The van der Waals surface area contributed by atoms with Crippen molar-refractivity contribution in [3.63, 3.8) is 0 Å². The van der Waals surface area contributed by atoms with Crippen LogP contribution in [0.2, 0.25) is 0 Å². The molecular weight excluding hydrogens is 268 g/mol. The average Bonchev–Trinajstić information content (AvgIpc) is 2.89. The number of nitrogens with zero attached hydrogens (tertiary/aromatic N) is 2. The van der Waals surface area contributed by atoms with E-state index in [9.17, 15) is 14.9 Å². The highest BCUT2D eigenvalue weighted by Gasteiger charge is 2.07. The Morgan fingerprint density at radius 2 is 2.00 bits per heavy atom. The zero-order valence-electron chi connectivity index (χ0n) is 11.1. The summed E-state index contributed by atoms with van der Waals surface area (Å²) in [6.07, 6.45) is 2.72. The van der Waals surface area contributed by atoms with Gasteiger partial charge in [0.05, 0.1) is 4.92 Å². The van der Waals surface area contributed by atoms with Gasteiger partial charge in [-0.05, 0) is 23.1 Å². The van der Waals surface area contributed by atoms with Crippen molar-refractivity contribution in [3.8, 4) is 0 Å². The first-order valence-corrected chi connectivity index (χ1v) is 6.45. The van der Waals surface area contributed by atoms with Crippen LogP contribution < -0.4 is 0 Å². The summed E-state index contributed by atoms with van der Waals surface area (Å²) in [5.74, 6) is 0. The Hall–Kier alpha value is -2.95. The van der Waals surface area contributed by atoms with E-state index in [4.69, 9.17) is 0 Å². The van der Waals surface area contributed by atoms with Gasteiger partial charge in [0.1, 0.15) is 6.29 Å². The van der Waals surface area contributed by atoms with Crippen molar-refractivity contribution in [3.05, 3.63) is 76.0 Å². The zero-order chi connectivity index (χ0) is 14.8. The fourth-order valence-electron chi connectivity index (χ4n) is 2.38. The second kappa shape index (κ2) is 5.20. The van der Waals surface area contributed by atoms with Gasteiger partial charge in [-0.3, -0.25) is 14.9 Å². The third-order valence-electron chi connectivity index (χ3n) is 3.41. The van der Waals surface area contributed by atoms with Gasteiger partial charge in [-0.1, -0.05) is 24.3 Å². The molecule has 0 radical (unpaired) electrons. The lowest BCUT2D eigenvalue weighted by Crippen LogP contribution is -1.99. The number of carbonyl (C=O) groups is 1. The van der Waals surface area contributed by atoms with Gasteiger partial charge in [-0.15, -0.1) is 0 Å². The Balaban J connectivity index is 1.99. The quantitative estimate of drug-likeness (QED) is 0.418. The number of aldehydes is 1. The number of non-ortho nitro benzene ring substituents is 1. The summed E-state index contributed by atoms with van der Waals surface area (Å²) in [7, 11) is 0. The fraction of sp³-hybridized carbons (Fsp3) is 0.0625. The van der Waals surface area contributed by atoms with Gasteiger partial charge in [0.15, 0.2) is 0 Å². The normalized spacial score (nSPS) is 10.7. The Kier molecular flexibility index (Phi) is 3.23. The van der Waals surface area contributed by atoms with Crippen LogP contribution in [0.5, 0.6) is 0 Å². The third kappa shape index (κ3) is 2.53. The Morgan fingerprint density at radius 3 is 2.76 bits per heavy atom. The van der Waals surface area contributed by atoms with Crippen LogP contribution in [-0.4, -0.2) is 15.8 Å². The van der Waals surface area contributed by atoms with Gasteiger partial charge in [-0.25, -0.2) is 0 Å². The average molecular weight is 280 g/mol. The molecule has 0 unspecified atom stereocenters. The van der Waals surface area contributed by atoms with Crippen molar-refractivity contribution < 1.29 is 9.72 Å². The SMILES string of the molecule is O=Cc1ccc2ccn(Cc3cccc([N+](=O)[O-])c3)c2c1. The molecule has 1 heterocycles. The molecule has 21 heavy (non-hydrogen) atoms. The van der Waals surface area contributed by atoms with Crippen LogP contribution in [0.1, 0.15) is 15.9 Å². The van der Waals surface area contributed by atoms with Crippen LogP contribution in [-0.2, 0) is 6.54 Å². The minimum Gasteiger partial charge on any atom is -0.343 e. The summed E-state index contributed by atoms with van der Waals surface area (Å²) in [6.45, 7) is 0.521. The molecule has 3 aromatic rings. The van der Waals surface area contributed by atoms with Crippen LogP contribution in [0.15, 0.2) is 54.7 Å². The molecule has 0 N–H and O–H groups in total. The lowest BCUT2D eigenvalue weighted by Gasteiger charge is -2.06. The molecule has 0 fully saturated rings. The van der Waals surface area contributed by atoms with Crippen molar-refractivity contribution >= 4 is 22.9 Å². The lowest BCUT2D eigenvalue weighted by molar-refractivity contribution is -0.384. The standard InChI is InChI=1S/C16H12N2O3/c19-11-13-4-5-14-6-7-17(16(14)9-13)10-12-2-1-3-15(8-12)18(20)21/h1-9,11H,10H2. The van der Waals surface area contributed by atoms with Crippen LogP contribution in [0.3, 0.4) is 0 Å². The highest BCUT2D eigenvalue weighted by atomic mass is 16.6. The lowest BCUT2D eigenvalue weighted by atomic mass is 10.1. The van der Waals surface area contributed by atoms with E-state index in [1.807, 2.05) is 35.0 Å². The number of hydrogen-bond acceptors (Lipinski definition) is 3. The maximum absolute atomic E-state index is 10.9. The molecule has 0 saturated heterocycles. The van der Waals surface area contributed by atoms with E-state index in [-0.39, 0.29) is 5.69 Å². The fourth-order valence-corrected chi connectivity index (χ4v) is 2.38. The number of nitro benzene ring substituents is 1.